The maximum absolute atomic E-state index is 8.93. The van der Waals surface area contributed by atoms with Crippen LogP contribution in [-0.2, 0) is 39.0 Å². The van der Waals surface area contributed by atoms with Crippen LogP contribution in [0.5, 0.6) is 0 Å². The van der Waals surface area contributed by atoms with Gasteiger partial charge < -0.3 is 10.2 Å². The van der Waals surface area contributed by atoms with Crippen LogP contribution in [0.2, 0.25) is 0 Å². The van der Waals surface area contributed by atoms with Gasteiger partial charge in [-0.15, -0.1) is 13.2 Å². The molecule has 21 heavy (non-hydrogen) atoms. The van der Waals surface area contributed by atoms with Crippen LogP contribution in [0, 0.1) is 0 Å². The van der Waals surface area contributed by atoms with Crippen molar-refractivity contribution in [2.45, 2.75) is 40.5 Å². The SMILES string of the molecule is CC[O-].CC[O-].CC[c-]1cccc1.CC[c-]1cccc1.[Zr+4]. The first kappa shape index (κ1) is 25.5. The summed E-state index contributed by atoms with van der Waals surface area (Å²) in [6.07, 6.45) is 2.32. The molecular weight excluding hydrogens is 339 g/mol. The summed E-state index contributed by atoms with van der Waals surface area (Å²) in [5, 5.41) is 17.9. The van der Waals surface area contributed by atoms with Gasteiger partial charge in [-0.3, -0.25) is 0 Å². The van der Waals surface area contributed by atoms with E-state index in [-0.39, 0.29) is 39.4 Å². The molecule has 0 amide bonds. The van der Waals surface area contributed by atoms with Gasteiger partial charge in [-0.05, 0) is 0 Å². The van der Waals surface area contributed by atoms with E-state index < -0.39 is 0 Å². The first-order chi connectivity index (χ1) is 9.69. The number of aryl methyl sites for hydroxylation is 2. The molecule has 0 unspecified atom stereocenters. The van der Waals surface area contributed by atoms with E-state index in [2.05, 4.69) is 62.4 Å². The fraction of sp³-hybridized carbons (Fsp3) is 0.444. The molecule has 2 aromatic rings. The summed E-state index contributed by atoms with van der Waals surface area (Å²) in [5.41, 5.74) is 2.86. The molecule has 0 saturated heterocycles. The monoisotopic (exact) mass is 366 g/mol. The first-order valence-electron chi connectivity index (χ1n) is 7.27. The molecule has 0 saturated carbocycles. The third kappa shape index (κ3) is 19.5. The van der Waals surface area contributed by atoms with E-state index in [1.54, 1.807) is 13.8 Å². The van der Waals surface area contributed by atoms with Crippen molar-refractivity contribution in [2.75, 3.05) is 13.2 Å². The molecule has 116 valence electrons. The Morgan fingerprint density at radius 3 is 0.905 bits per heavy atom. The standard InChI is InChI=1S/2C7H9.2C2H5O.Zr/c2*1-2-7-5-3-4-6-7;2*1-2-3;/h2*3-6H,2H2,1H3;2*2H2,1H3;/q4*-1;+4. The maximum atomic E-state index is 8.93. The van der Waals surface area contributed by atoms with E-state index in [1.807, 2.05) is 0 Å². The van der Waals surface area contributed by atoms with Gasteiger partial charge in [0.05, 0.1) is 0 Å². The van der Waals surface area contributed by atoms with Gasteiger partial charge in [-0.1, -0.05) is 40.5 Å². The topological polar surface area (TPSA) is 46.1 Å². The Bertz CT molecular complexity index is 303. The van der Waals surface area contributed by atoms with Crippen molar-refractivity contribution in [1.29, 1.82) is 0 Å². The van der Waals surface area contributed by atoms with E-state index in [0.717, 1.165) is 12.8 Å². The minimum Gasteiger partial charge on any atom is -0.855 e. The van der Waals surface area contributed by atoms with Gasteiger partial charge in [0.1, 0.15) is 0 Å². The van der Waals surface area contributed by atoms with Gasteiger partial charge in [0, 0.05) is 0 Å². The summed E-state index contributed by atoms with van der Waals surface area (Å²) in [4.78, 5) is 0. The largest absolute Gasteiger partial charge is 4.00 e. The average molecular weight is 368 g/mol. The molecule has 0 bridgehead atoms. The second-order valence-corrected chi connectivity index (χ2v) is 3.87. The molecule has 2 rings (SSSR count). The smallest absolute Gasteiger partial charge is 0.855 e. The summed E-state index contributed by atoms with van der Waals surface area (Å²) in [5.74, 6) is 0. The van der Waals surface area contributed by atoms with Crippen molar-refractivity contribution in [1.82, 2.24) is 0 Å². The summed E-state index contributed by atoms with van der Waals surface area (Å²) >= 11 is 0. The number of rotatable bonds is 2. The second kappa shape index (κ2) is 21.8. The first-order valence-corrected chi connectivity index (χ1v) is 7.27. The molecule has 2 aromatic carbocycles. The van der Waals surface area contributed by atoms with Gasteiger partial charge in [0.15, 0.2) is 0 Å². The summed E-state index contributed by atoms with van der Waals surface area (Å²) in [6.45, 7) is 7.46. The Hall–Kier alpha value is -0.497. The van der Waals surface area contributed by atoms with Crippen LogP contribution in [-0.4, -0.2) is 13.2 Å². The maximum Gasteiger partial charge on any atom is 4.00 e. The van der Waals surface area contributed by atoms with Gasteiger partial charge >= 0.3 is 26.2 Å². The third-order valence-corrected chi connectivity index (χ3v) is 2.28. The Labute approximate surface area is 149 Å². The summed E-state index contributed by atoms with van der Waals surface area (Å²) in [7, 11) is 0. The zero-order valence-electron chi connectivity index (χ0n) is 13.8. The van der Waals surface area contributed by atoms with E-state index in [9.17, 15) is 0 Å². The molecule has 0 heterocycles. The molecule has 0 aliphatic heterocycles. The zero-order chi connectivity index (χ0) is 15.6. The quantitative estimate of drug-likeness (QED) is 0.766. The third-order valence-electron chi connectivity index (χ3n) is 2.28. The molecule has 0 spiro atoms. The van der Waals surface area contributed by atoms with E-state index >= 15 is 0 Å². The van der Waals surface area contributed by atoms with E-state index in [0.29, 0.717) is 0 Å². The Morgan fingerprint density at radius 2 is 0.810 bits per heavy atom. The Balaban J connectivity index is -0.000000220. The Morgan fingerprint density at radius 1 is 0.619 bits per heavy atom. The molecule has 0 atom stereocenters. The van der Waals surface area contributed by atoms with E-state index in [4.69, 9.17) is 10.2 Å². The average Bonchev–Trinajstić information content (AvgIpc) is 3.14. The molecule has 0 N–H and O–H groups in total. The number of hydrogen-bond acceptors (Lipinski definition) is 2. The zero-order valence-corrected chi connectivity index (χ0v) is 16.2. The summed E-state index contributed by atoms with van der Waals surface area (Å²) < 4.78 is 0. The van der Waals surface area contributed by atoms with Crippen LogP contribution >= 0.6 is 0 Å². The number of hydrogen-bond donors (Lipinski definition) is 0. The minimum absolute atomic E-state index is 0. The van der Waals surface area contributed by atoms with E-state index in [1.165, 1.54) is 11.1 Å². The summed E-state index contributed by atoms with van der Waals surface area (Å²) in [6, 6.07) is 16.8. The molecule has 3 heteroatoms. The molecule has 0 aromatic heterocycles. The Kier molecular flexibility index (Phi) is 26.4. The van der Waals surface area contributed by atoms with Gasteiger partial charge in [-0.2, -0.15) is 35.4 Å². The fourth-order valence-electron chi connectivity index (χ4n) is 1.30. The second-order valence-electron chi connectivity index (χ2n) is 3.87. The van der Waals surface area contributed by atoms with Gasteiger partial charge in [0.2, 0.25) is 0 Å². The van der Waals surface area contributed by atoms with Crippen molar-refractivity contribution < 1.29 is 36.4 Å². The van der Waals surface area contributed by atoms with Crippen LogP contribution in [0.4, 0.5) is 0 Å². The molecule has 0 aliphatic carbocycles. The van der Waals surface area contributed by atoms with Crippen LogP contribution in [0.25, 0.3) is 0 Å². The van der Waals surface area contributed by atoms with Crippen molar-refractivity contribution >= 4 is 0 Å². The van der Waals surface area contributed by atoms with Crippen LogP contribution in [0.15, 0.2) is 48.5 Å². The molecule has 0 aliphatic rings. The fourth-order valence-corrected chi connectivity index (χ4v) is 1.30. The molecule has 0 fully saturated rings. The van der Waals surface area contributed by atoms with Crippen molar-refractivity contribution in [3.8, 4) is 0 Å². The van der Waals surface area contributed by atoms with Crippen molar-refractivity contribution in [3.05, 3.63) is 59.7 Å². The van der Waals surface area contributed by atoms with Crippen LogP contribution < -0.4 is 10.2 Å². The van der Waals surface area contributed by atoms with Crippen LogP contribution in [0.1, 0.15) is 38.8 Å². The molecule has 0 radical (unpaired) electrons. The predicted molar refractivity (Wildman–Crippen MR) is 83.9 cm³/mol. The normalized spacial score (nSPS) is 7.90. The molecular formula is C18H28O2Zr. The van der Waals surface area contributed by atoms with Gasteiger partial charge in [-0.25, -0.2) is 24.3 Å². The van der Waals surface area contributed by atoms with Crippen molar-refractivity contribution in [2.24, 2.45) is 0 Å². The van der Waals surface area contributed by atoms with Crippen molar-refractivity contribution in [3.63, 3.8) is 0 Å². The van der Waals surface area contributed by atoms with Gasteiger partial charge in [0.25, 0.3) is 0 Å². The molecule has 2 nitrogen and oxygen atoms in total. The minimum atomic E-state index is 0. The van der Waals surface area contributed by atoms with Crippen LogP contribution in [0.3, 0.4) is 0 Å². The predicted octanol–water partition coefficient (Wildman–Crippen LogP) is 2.67.